The number of methoxy groups -OCH3 is 1. The van der Waals surface area contributed by atoms with Crippen LogP contribution in [0.1, 0.15) is 17.5 Å². The fourth-order valence-corrected chi connectivity index (χ4v) is 3.85. The average Bonchev–Trinajstić information content (AvgIpc) is 2.66. The molecule has 0 spiro atoms. The number of ether oxygens (including phenoxy) is 2. The van der Waals surface area contributed by atoms with Crippen molar-refractivity contribution < 1.29 is 22.7 Å². The number of carbonyl (C=O) groups is 1. The van der Waals surface area contributed by atoms with Gasteiger partial charge in [0.2, 0.25) is 0 Å². The van der Waals surface area contributed by atoms with Crippen molar-refractivity contribution in [2.45, 2.75) is 12.8 Å². The molecule has 0 heterocycles. The van der Waals surface area contributed by atoms with Gasteiger partial charge in [-0.25, -0.2) is 13.1 Å². The number of allylic oxidation sites excluding steroid dienone is 1. The Hall–Kier alpha value is -2.80. The Morgan fingerprint density at radius 2 is 1.85 bits per heavy atom. The van der Waals surface area contributed by atoms with Crippen LogP contribution in [0, 0.1) is 0 Å². The third-order valence-electron chi connectivity index (χ3n) is 4.02. The molecule has 0 radical (unpaired) electrons. The first-order valence-corrected chi connectivity index (χ1v) is 9.57. The molecule has 0 aromatic heterocycles. The lowest BCUT2D eigenvalue weighted by atomic mass is 9.98. The van der Waals surface area contributed by atoms with Crippen LogP contribution >= 0.6 is 0 Å². The van der Waals surface area contributed by atoms with E-state index in [2.05, 4.69) is 4.72 Å². The number of hydrogen-bond donors (Lipinski definition) is 1. The first-order valence-electron chi connectivity index (χ1n) is 8.09. The van der Waals surface area contributed by atoms with Crippen molar-refractivity contribution in [3.05, 3.63) is 64.6 Å². The van der Waals surface area contributed by atoms with E-state index in [1.165, 1.54) is 7.11 Å². The highest BCUT2D eigenvalue weighted by molar-refractivity contribution is 7.94. The summed E-state index contributed by atoms with van der Waals surface area (Å²) in [5.74, 6) is 0.275. The highest BCUT2D eigenvalue weighted by Gasteiger charge is 2.23. The largest absolute Gasteiger partial charge is 0.497 e. The molecule has 136 valence electrons. The van der Waals surface area contributed by atoms with Crippen LogP contribution < -0.4 is 14.2 Å². The summed E-state index contributed by atoms with van der Waals surface area (Å²) in [5, 5.41) is 0. The molecule has 6 nitrogen and oxygen atoms in total. The molecular weight excluding hydrogens is 354 g/mol. The van der Waals surface area contributed by atoms with Gasteiger partial charge in [-0.15, -0.1) is 0 Å². The minimum atomic E-state index is -3.89. The fraction of sp³-hybridized carbons (Fsp3) is 0.211. The van der Waals surface area contributed by atoms with Crippen LogP contribution in [-0.4, -0.2) is 28.0 Å². The number of aryl methyl sites for hydroxylation is 1. The third kappa shape index (κ3) is 4.23. The topological polar surface area (TPSA) is 81.7 Å². The van der Waals surface area contributed by atoms with Crippen molar-refractivity contribution in [2.24, 2.45) is 0 Å². The van der Waals surface area contributed by atoms with E-state index in [1.54, 1.807) is 30.3 Å². The molecule has 1 aliphatic rings. The molecule has 0 unspecified atom stereocenters. The Balaban J connectivity index is 1.64. The number of rotatable bonds is 6. The van der Waals surface area contributed by atoms with Crippen molar-refractivity contribution in [1.29, 1.82) is 0 Å². The van der Waals surface area contributed by atoms with Crippen LogP contribution in [0.5, 0.6) is 11.5 Å². The summed E-state index contributed by atoms with van der Waals surface area (Å²) in [6.07, 6.45) is 2.59. The molecule has 1 aliphatic carbocycles. The van der Waals surface area contributed by atoms with Gasteiger partial charge in [-0.05, 0) is 42.2 Å². The molecule has 0 atom stereocenters. The van der Waals surface area contributed by atoms with E-state index < -0.39 is 22.5 Å². The SMILES string of the molecule is COc1cccc(OCC(=O)NS(=O)(=O)C2=Cc3ccccc3CC2)c1. The summed E-state index contributed by atoms with van der Waals surface area (Å²) in [7, 11) is -2.36. The van der Waals surface area contributed by atoms with Crippen molar-refractivity contribution in [3.63, 3.8) is 0 Å². The van der Waals surface area contributed by atoms with E-state index in [0.29, 0.717) is 24.3 Å². The summed E-state index contributed by atoms with van der Waals surface area (Å²) in [6, 6.07) is 14.3. The van der Waals surface area contributed by atoms with E-state index in [0.717, 1.165) is 11.1 Å². The summed E-state index contributed by atoms with van der Waals surface area (Å²) >= 11 is 0. The molecule has 0 aliphatic heterocycles. The molecule has 1 N–H and O–H groups in total. The third-order valence-corrected chi connectivity index (χ3v) is 5.53. The number of carbonyl (C=O) groups excluding carboxylic acids is 1. The van der Waals surface area contributed by atoms with E-state index in [4.69, 9.17) is 9.47 Å². The first kappa shape index (κ1) is 18.0. The number of benzene rings is 2. The zero-order chi connectivity index (χ0) is 18.6. The van der Waals surface area contributed by atoms with Gasteiger partial charge in [-0.3, -0.25) is 4.79 Å². The summed E-state index contributed by atoms with van der Waals surface area (Å²) in [4.78, 5) is 12.2. The van der Waals surface area contributed by atoms with Crippen molar-refractivity contribution in [1.82, 2.24) is 4.72 Å². The standard InChI is InChI=1S/C19H19NO5S/c1-24-16-7-4-8-17(12-16)25-13-19(21)20-26(22,23)18-10-9-14-5-2-3-6-15(14)11-18/h2-8,11-12H,9-10,13H2,1H3,(H,20,21). The second-order valence-electron chi connectivity index (χ2n) is 5.81. The molecule has 0 fully saturated rings. The van der Waals surface area contributed by atoms with Crippen molar-refractivity contribution >= 4 is 22.0 Å². The predicted molar refractivity (Wildman–Crippen MR) is 98.3 cm³/mol. The maximum Gasteiger partial charge on any atom is 0.271 e. The number of fused-ring (bicyclic) bond motifs is 1. The van der Waals surface area contributed by atoms with Crippen LogP contribution in [0.2, 0.25) is 0 Å². The Labute approximate surface area is 152 Å². The number of nitrogens with one attached hydrogen (secondary N) is 1. The maximum absolute atomic E-state index is 12.4. The second kappa shape index (κ2) is 7.61. The van der Waals surface area contributed by atoms with Gasteiger partial charge in [0.15, 0.2) is 6.61 Å². The Kier molecular flexibility index (Phi) is 5.27. The molecule has 0 saturated heterocycles. The predicted octanol–water partition coefficient (Wildman–Crippen LogP) is 2.51. The van der Waals surface area contributed by atoms with Crippen LogP contribution in [0.4, 0.5) is 0 Å². The van der Waals surface area contributed by atoms with Gasteiger partial charge in [0.05, 0.1) is 12.0 Å². The van der Waals surface area contributed by atoms with Crippen LogP contribution in [0.25, 0.3) is 6.08 Å². The second-order valence-corrected chi connectivity index (χ2v) is 7.54. The Morgan fingerprint density at radius 3 is 2.65 bits per heavy atom. The van der Waals surface area contributed by atoms with Crippen LogP contribution in [-0.2, 0) is 21.2 Å². The van der Waals surface area contributed by atoms with Gasteiger partial charge >= 0.3 is 0 Å². The monoisotopic (exact) mass is 373 g/mol. The molecule has 7 heteroatoms. The Bertz CT molecular complexity index is 950. The zero-order valence-electron chi connectivity index (χ0n) is 14.3. The minimum Gasteiger partial charge on any atom is -0.497 e. The summed E-state index contributed by atoms with van der Waals surface area (Å²) in [6.45, 7) is -0.406. The summed E-state index contributed by atoms with van der Waals surface area (Å²) in [5.41, 5.74) is 1.96. The molecular formula is C19H19NO5S. The lowest BCUT2D eigenvalue weighted by molar-refractivity contribution is -0.121. The van der Waals surface area contributed by atoms with Gasteiger partial charge in [0.1, 0.15) is 11.5 Å². The van der Waals surface area contributed by atoms with E-state index in [1.807, 2.05) is 24.3 Å². The molecule has 2 aromatic rings. The molecule has 3 rings (SSSR count). The van der Waals surface area contributed by atoms with Crippen LogP contribution in [0.15, 0.2) is 53.4 Å². The van der Waals surface area contributed by atoms with Gasteiger partial charge < -0.3 is 9.47 Å². The highest BCUT2D eigenvalue weighted by Crippen LogP contribution is 2.26. The Morgan fingerprint density at radius 1 is 1.08 bits per heavy atom. The minimum absolute atomic E-state index is 0.200. The normalized spacial score (nSPS) is 13.3. The molecule has 26 heavy (non-hydrogen) atoms. The van der Waals surface area contributed by atoms with Crippen molar-refractivity contribution in [3.8, 4) is 11.5 Å². The fourth-order valence-electron chi connectivity index (χ4n) is 2.70. The average molecular weight is 373 g/mol. The highest BCUT2D eigenvalue weighted by atomic mass is 32.2. The zero-order valence-corrected chi connectivity index (χ0v) is 15.1. The lowest BCUT2D eigenvalue weighted by Gasteiger charge is -2.17. The van der Waals surface area contributed by atoms with E-state index in [-0.39, 0.29) is 4.91 Å². The maximum atomic E-state index is 12.4. The molecule has 0 saturated carbocycles. The molecule has 0 bridgehead atoms. The summed E-state index contributed by atoms with van der Waals surface area (Å²) < 4.78 is 37.3. The van der Waals surface area contributed by atoms with Gasteiger partial charge in [0, 0.05) is 6.07 Å². The quantitative estimate of drug-likeness (QED) is 0.841. The van der Waals surface area contributed by atoms with Gasteiger partial charge in [-0.1, -0.05) is 30.3 Å². The van der Waals surface area contributed by atoms with Gasteiger partial charge in [0.25, 0.3) is 15.9 Å². The number of amides is 1. The lowest BCUT2D eigenvalue weighted by Crippen LogP contribution is -2.35. The first-order chi connectivity index (χ1) is 12.5. The smallest absolute Gasteiger partial charge is 0.271 e. The number of sulfonamides is 1. The van der Waals surface area contributed by atoms with E-state index in [9.17, 15) is 13.2 Å². The van der Waals surface area contributed by atoms with E-state index >= 15 is 0 Å². The molecule has 1 amide bonds. The molecule has 2 aromatic carbocycles. The van der Waals surface area contributed by atoms with Crippen LogP contribution in [0.3, 0.4) is 0 Å². The number of hydrogen-bond acceptors (Lipinski definition) is 5. The van der Waals surface area contributed by atoms with Gasteiger partial charge in [-0.2, -0.15) is 0 Å². The van der Waals surface area contributed by atoms with Crippen molar-refractivity contribution in [2.75, 3.05) is 13.7 Å².